The van der Waals surface area contributed by atoms with Crippen molar-refractivity contribution in [3.8, 4) is 5.75 Å². The van der Waals surface area contributed by atoms with Crippen LogP contribution in [0.2, 0.25) is 0 Å². The second kappa shape index (κ2) is 9.31. The van der Waals surface area contributed by atoms with Crippen LogP contribution in [0.5, 0.6) is 5.75 Å². The van der Waals surface area contributed by atoms with Crippen molar-refractivity contribution in [3.63, 3.8) is 0 Å². The van der Waals surface area contributed by atoms with Crippen LogP contribution >= 0.6 is 0 Å². The highest BCUT2D eigenvalue weighted by Gasteiger charge is 2.60. The highest BCUT2D eigenvalue weighted by Crippen LogP contribution is 2.54. The number of hydrogen-bond acceptors (Lipinski definition) is 5. The van der Waals surface area contributed by atoms with Gasteiger partial charge in [-0.2, -0.15) is 0 Å². The lowest BCUT2D eigenvalue weighted by Crippen LogP contribution is -2.48. The number of likely N-dealkylation sites (tertiary alicyclic amines) is 1. The number of ketones is 1. The van der Waals surface area contributed by atoms with Crippen LogP contribution in [0.4, 0.5) is 0 Å². The molecule has 0 spiro atoms. The van der Waals surface area contributed by atoms with Crippen LogP contribution in [0.3, 0.4) is 0 Å². The van der Waals surface area contributed by atoms with Gasteiger partial charge in [0.05, 0.1) is 7.11 Å². The molecule has 1 heterocycles. The number of allylic oxidation sites excluding steroid dienone is 3. The first kappa shape index (κ1) is 23.8. The van der Waals surface area contributed by atoms with Gasteiger partial charge >= 0.3 is 5.97 Å². The van der Waals surface area contributed by atoms with Crippen molar-refractivity contribution in [1.29, 1.82) is 0 Å². The van der Waals surface area contributed by atoms with Gasteiger partial charge in [-0.25, -0.2) is 4.79 Å². The molecule has 1 amide bonds. The maximum absolute atomic E-state index is 13.3. The topological polar surface area (TPSA) is 83.9 Å². The molecule has 6 nitrogen and oxygen atoms in total. The predicted octanol–water partition coefficient (Wildman–Crippen LogP) is 3.89. The highest BCUT2D eigenvalue weighted by molar-refractivity contribution is 6.04. The summed E-state index contributed by atoms with van der Waals surface area (Å²) in [6.07, 6.45) is 5.70. The summed E-state index contributed by atoms with van der Waals surface area (Å²) in [5.41, 5.74) is 1.36. The van der Waals surface area contributed by atoms with Gasteiger partial charge in [-0.05, 0) is 42.4 Å². The van der Waals surface area contributed by atoms with E-state index in [1.54, 1.807) is 29.2 Å². The number of benzene rings is 1. The molecule has 0 aromatic heterocycles. The summed E-state index contributed by atoms with van der Waals surface area (Å²) in [7, 11) is 1.33. The largest absolute Gasteiger partial charge is 0.508 e. The summed E-state index contributed by atoms with van der Waals surface area (Å²) in [5.74, 6) is -1.10. The number of phenols is 1. The van der Waals surface area contributed by atoms with Crippen molar-refractivity contribution < 1.29 is 24.2 Å². The predicted molar refractivity (Wildman–Crippen MR) is 121 cm³/mol. The number of carbonyl (C=O) groups is 3. The number of aromatic hydroxyl groups is 1. The number of phenolic OH excluding ortho intramolecular Hbond substituents is 1. The van der Waals surface area contributed by atoms with Crippen LogP contribution in [-0.4, -0.2) is 41.3 Å². The van der Waals surface area contributed by atoms with Crippen molar-refractivity contribution in [2.24, 2.45) is 29.1 Å². The minimum Gasteiger partial charge on any atom is -0.508 e. The lowest BCUT2D eigenvalue weighted by Gasteiger charge is -2.45. The van der Waals surface area contributed by atoms with Gasteiger partial charge < -0.3 is 14.7 Å². The molecule has 0 unspecified atom stereocenters. The van der Waals surface area contributed by atoms with Gasteiger partial charge in [0.2, 0.25) is 5.91 Å². The summed E-state index contributed by atoms with van der Waals surface area (Å²) in [6.45, 7) is 9.01. The Kier molecular flexibility index (Phi) is 6.91. The fourth-order valence-electron chi connectivity index (χ4n) is 5.42. The van der Waals surface area contributed by atoms with Gasteiger partial charge in [0.15, 0.2) is 0 Å². The first-order chi connectivity index (χ1) is 15.1. The Bertz CT molecular complexity index is 945. The number of ether oxygens (including phenoxy) is 1. The molecule has 1 aromatic rings. The number of methoxy groups -OCH3 is 1. The second-order valence-corrected chi connectivity index (χ2v) is 9.64. The molecule has 0 bridgehead atoms. The fourth-order valence-corrected chi connectivity index (χ4v) is 5.42. The van der Waals surface area contributed by atoms with Crippen molar-refractivity contribution in [2.75, 3.05) is 13.7 Å². The zero-order valence-electron chi connectivity index (χ0n) is 19.5. The summed E-state index contributed by atoms with van der Waals surface area (Å²) in [6, 6.07) is 6.74. The molecule has 2 aliphatic rings. The molecule has 1 saturated heterocycles. The van der Waals surface area contributed by atoms with Gasteiger partial charge in [-0.1, -0.05) is 50.6 Å². The van der Waals surface area contributed by atoms with E-state index in [1.807, 2.05) is 19.9 Å². The lowest BCUT2D eigenvalue weighted by atomic mass is 9.56. The molecule has 2 fully saturated rings. The number of amides is 1. The van der Waals surface area contributed by atoms with Crippen molar-refractivity contribution in [3.05, 3.63) is 53.6 Å². The van der Waals surface area contributed by atoms with Crippen LogP contribution in [0.1, 0.15) is 39.7 Å². The number of rotatable bonds is 6. The summed E-state index contributed by atoms with van der Waals surface area (Å²) < 4.78 is 4.79. The van der Waals surface area contributed by atoms with E-state index in [4.69, 9.17) is 4.74 Å². The zero-order valence-corrected chi connectivity index (χ0v) is 19.5. The SMILES string of the molecule is COC(=O)/C=C/[C@@H]1[C@@H](/C(C)=C/C(C)C)CC(=O)[C@@H]2C(=O)N(Cc3ccc(O)cc3)C[C@@]21C. The molecule has 6 heteroatoms. The molecule has 1 saturated carbocycles. The lowest BCUT2D eigenvalue weighted by molar-refractivity contribution is -0.142. The molecule has 4 atom stereocenters. The molecule has 1 aliphatic heterocycles. The molecule has 1 aromatic carbocycles. The molecular formula is C26H33NO5. The standard InChI is InChI=1S/C26H33NO5/c1-16(2)12-17(3)20-13-22(29)24-25(31)27(14-18-6-8-19(28)9-7-18)15-26(24,4)21(20)10-11-23(30)32-5/h6-12,16,20-21,24,28H,13-15H2,1-5H3/b11-10+,17-12+/t20-,21-,24-,26-/m1/s1. The molecule has 32 heavy (non-hydrogen) atoms. The third kappa shape index (κ3) is 4.64. The Morgan fingerprint density at radius 2 is 1.94 bits per heavy atom. The van der Waals surface area contributed by atoms with Crippen molar-refractivity contribution >= 4 is 17.7 Å². The van der Waals surface area contributed by atoms with E-state index < -0.39 is 17.3 Å². The summed E-state index contributed by atoms with van der Waals surface area (Å²) in [5, 5.41) is 9.54. The van der Waals surface area contributed by atoms with E-state index in [2.05, 4.69) is 19.9 Å². The van der Waals surface area contributed by atoms with Gasteiger partial charge in [-0.15, -0.1) is 0 Å². The van der Waals surface area contributed by atoms with Gasteiger partial charge in [0.25, 0.3) is 0 Å². The Hall–Kier alpha value is -2.89. The average molecular weight is 440 g/mol. The fraction of sp³-hybridized carbons (Fsp3) is 0.500. The highest BCUT2D eigenvalue weighted by atomic mass is 16.5. The maximum Gasteiger partial charge on any atom is 0.330 e. The average Bonchev–Trinajstić information content (AvgIpc) is 2.98. The van der Waals surface area contributed by atoms with Crippen molar-refractivity contribution in [1.82, 2.24) is 4.90 Å². The normalized spacial score (nSPS) is 28.5. The van der Waals surface area contributed by atoms with E-state index in [9.17, 15) is 19.5 Å². The van der Waals surface area contributed by atoms with Gasteiger partial charge in [0.1, 0.15) is 17.5 Å². The monoisotopic (exact) mass is 439 g/mol. The number of carbonyl (C=O) groups excluding carboxylic acids is 3. The van der Waals surface area contributed by atoms with E-state index in [1.165, 1.54) is 13.2 Å². The van der Waals surface area contributed by atoms with Gasteiger partial charge in [-0.3, -0.25) is 9.59 Å². The summed E-state index contributed by atoms with van der Waals surface area (Å²) in [4.78, 5) is 40.2. The Balaban J connectivity index is 1.99. The minimum atomic E-state index is -0.727. The first-order valence-electron chi connectivity index (χ1n) is 11.1. The van der Waals surface area contributed by atoms with Crippen LogP contribution in [0, 0.1) is 29.1 Å². The third-order valence-corrected chi connectivity index (χ3v) is 6.82. The van der Waals surface area contributed by atoms with Crippen LogP contribution in [-0.2, 0) is 25.7 Å². The molecular weight excluding hydrogens is 406 g/mol. The Morgan fingerprint density at radius 3 is 2.53 bits per heavy atom. The molecule has 3 rings (SSSR count). The number of nitrogens with zero attached hydrogens (tertiary/aromatic N) is 1. The third-order valence-electron chi connectivity index (χ3n) is 6.82. The maximum atomic E-state index is 13.3. The van der Waals surface area contributed by atoms with E-state index in [0.717, 1.165) is 11.1 Å². The quantitative estimate of drug-likeness (QED) is 0.315. The number of Topliss-reactive ketones (excluding diaryl/α,β-unsaturated/α-hetero) is 1. The molecule has 172 valence electrons. The van der Waals surface area contributed by atoms with Crippen LogP contribution in [0.25, 0.3) is 0 Å². The summed E-state index contributed by atoms with van der Waals surface area (Å²) >= 11 is 0. The Morgan fingerprint density at radius 1 is 1.28 bits per heavy atom. The van der Waals surface area contributed by atoms with Crippen LogP contribution in [0.15, 0.2) is 48.1 Å². The molecule has 1 aliphatic carbocycles. The molecule has 0 radical (unpaired) electrons. The number of esters is 1. The minimum absolute atomic E-state index is 0.0325. The smallest absolute Gasteiger partial charge is 0.330 e. The van der Waals surface area contributed by atoms with E-state index in [0.29, 0.717) is 19.0 Å². The first-order valence-corrected chi connectivity index (χ1v) is 11.1. The van der Waals surface area contributed by atoms with E-state index in [-0.39, 0.29) is 35.7 Å². The van der Waals surface area contributed by atoms with Gasteiger partial charge in [0, 0.05) is 31.0 Å². The second-order valence-electron chi connectivity index (χ2n) is 9.64. The van der Waals surface area contributed by atoms with E-state index >= 15 is 0 Å². The molecule has 1 N–H and O–H groups in total. The van der Waals surface area contributed by atoms with Crippen molar-refractivity contribution in [2.45, 2.75) is 40.7 Å². The Labute approximate surface area is 189 Å². The number of hydrogen-bond donors (Lipinski definition) is 1. The van der Waals surface area contributed by atoms with Crippen LogP contribution < -0.4 is 0 Å². The number of fused-ring (bicyclic) bond motifs is 1. The zero-order chi connectivity index (χ0) is 23.6.